The number of thiocarbonyl (C=S) groups is 1. The molecule has 0 unspecified atom stereocenters. The van der Waals surface area contributed by atoms with Crippen LogP contribution >= 0.6 is 12.2 Å². The Morgan fingerprint density at radius 1 is 0.971 bits per heavy atom. The molecule has 1 amide bonds. The summed E-state index contributed by atoms with van der Waals surface area (Å²) >= 11 is 5.14. The zero-order chi connectivity index (χ0) is 24.7. The molecule has 0 atom stereocenters. The molecule has 11 nitrogen and oxygen atoms in total. The van der Waals surface area contributed by atoms with Crippen LogP contribution in [0.25, 0.3) is 0 Å². The Hall–Kier alpha value is -4.10. The van der Waals surface area contributed by atoms with Crippen molar-refractivity contribution < 1.29 is 27.5 Å². The van der Waals surface area contributed by atoms with Crippen LogP contribution in [-0.4, -0.2) is 49.6 Å². The number of amides is 1. The fraction of sp³-hybridized carbons (Fsp3) is 0.0952. The summed E-state index contributed by atoms with van der Waals surface area (Å²) in [5, 5.41) is 5.26. The van der Waals surface area contributed by atoms with Gasteiger partial charge in [0.05, 0.1) is 24.7 Å². The predicted octanol–water partition coefficient (Wildman–Crippen LogP) is 2.20. The molecule has 0 aliphatic heterocycles. The van der Waals surface area contributed by atoms with Crippen LogP contribution in [0.3, 0.4) is 0 Å². The van der Waals surface area contributed by atoms with E-state index in [4.69, 9.17) is 17.0 Å². The van der Waals surface area contributed by atoms with Crippen molar-refractivity contribution in [1.29, 1.82) is 0 Å². The number of hydrogen-bond donors (Lipinski definition) is 3. The van der Waals surface area contributed by atoms with Gasteiger partial charge in [0.1, 0.15) is 12.1 Å². The molecule has 176 valence electrons. The monoisotopic (exact) mass is 501 g/mol. The fourth-order valence-corrected chi connectivity index (χ4v) is 3.87. The van der Waals surface area contributed by atoms with Crippen LogP contribution in [0.15, 0.2) is 65.8 Å². The minimum Gasteiger partial charge on any atom is -0.481 e. The lowest BCUT2D eigenvalue weighted by Gasteiger charge is -2.11. The molecule has 0 aliphatic carbocycles. The Bertz CT molecular complexity index is 1330. The highest BCUT2D eigenvalue weighted by molar-refractivity contribution is 7.92. The van der Waals surface area contributed by atoms with Gasteiger partial charge in [-0.2, -0.15) is 0 Å². The van der Waals surface area contributed by atoms with Crippen molar-refractivity contribution in [3.05, 3.63) is 72.1 Å². The number of nitrogens with zero attached hydrogens (tertiary/aromatic N) is 2. The number of aromatic nitrogens is 2. The van der Waals surface area contributed by atoms with Crippen molar-refractivity contribution in [3.63, 3.8) is 0 Å². The van der Waals surface area contributed by atoms with E-state index in [1.165, 1.54) is 69.1 Å². The molecule has 3 N–H and O–H groups in total. The maximum Gasteiger partial charge on any atom is 0.337 e. The van der Waals surface area contributed by atoms with Gasteiger partial charge in [-0.1, -0.05) is 6.07 Å². The van der Waals surface area contributed by atoms with Gasteiger partial charge in [-0.15, -0.1) is 0 Å². The summed E-state index contributed by atoms with van der Waals surface area (Å²) < 4.78 is 37.1. The van der Waals surface area contributed by atoms with Crippen molar-refractivity contribution in [3.8, 4) is 5.88 Å². The molecule has 0 bridgehead atoms. The van der Waals surface area contributed by atoms with E-state index >= 15 is 0 Å². The average molecular weight is 502 g/mol. The van der Waals surface area contributed by atoms with Gasteiger partial charge in [0, 0.05) is 17.3 Å². The van der Waals surface area contributed by atoms with E-state index in [0.29, 0.717) is 5.69 Å². The molecule has 3 rings (SSSR count). The summed E-state index contributed by atoms with van der Waals surface area (Å²) in [6.45, 7) is 0. The first-order chi connectivity index (χ1) is 16.2. The fourth-order valence-electron chi connectivity index (χ4n) is 2.66. The summed E-state index contributed by atoms with van der Waals surface area (Å²) in [6.07, 6.45) is 1.17. The molecule has 0 aliphatic rings. The molecular formula is C21H19N5O6S2. The summed E-state index contributed by atoms with van der Waals surface area (Å²) in [6, 6.07) is 13.0. The molecule has 1 heterocycles. The first-order valence-corrected chi connectivity index (χ1v) is 11.4. The smallest absolute Gasteiger partial charge is 0.337 e. The van der Waals surface area contributed by atoms with Crippen LogP contribution < -0.4 is 20.1 Å². The van der Waals surface area contributed by atoms with Crippen molar-refractivity contribution in [2.24, 2.45) is 0 Å². The van der Waals surface area contributed by atoms with E-state index in [1.807, 2.05) is 0 Å². The van der Waals surface area contributed by atoms with Crippen LogP contribution in [0.5, 0.6) is 5.88 Å². The Kier molecular flexibility index (Phi) is 7.71. The van der Waals surface area contributed by atoms with Gasteiger partial charge in [-0.25, -0.2) is 23.2 Å². The third-order valence-corrected chi connectivity index (χ3v) is 5.86. The first-order valence-electron chi connectivity index (χ1n) is 9.51. The van der Waals surface area contributed by atoms with Gasteiger partial charge < -0.3 is 14.8 Å². The number of sulfonamides is 1. The van der Waals surface area contributed by atoms with Crippen molar-refractivity contribution in [2.45, 2.75) is 4.90 Å². The first kappa shape index (κ1) is 24.5. The lowest BCUT2D eigenvalue weighted by atomic mass is 10.1. The summed E-state index contributed by atoms with van der Waals surface area (Å²) in [5.41, 5.74) is 0.872. The molecule has 0 saturated carbocycles. The molecule has 3 aromatic rings. The normalized spacial score (nSPS) is 10.6. The summed E-state index contributed by atoms with van der Waals surface area (Å²) in [4.78, 5) is 31.7. The average Bonchev–Trinajstić information content (AvgIpc) is 2.83. The summed E-state index contributed by atoms with van der Waals surface area (Å²) in [5.74, 6) is -0.847. The van der Waals surface area contributed by atoms with Gasteiger partial charge in [0.25, 0.3) is 15.9 Å². The second-order valence-electron chi connectivity index (χ2n) is 6.56. The number of nitrogens with one attached hydrogen (secondary N) is 3. The van der Waals surface area contributed by atoms with E-state index in [0.717, 1.165) is 0 Å². The number of ether oxygens (including phenoxy) is 2. The molecular weight excluding hydrogens is 482 g/mol. The third-order valence-electron chi connectivity index (χ3n) is 4.29. The van der Waals surface area contributed by atoms with Crippen LogP contribution in [-0.2, 0) is 14.8 Å². The van der Waals surface area contributed by atoms with Gasteiger partial charge in [0.2, 0.25) is 5.88 Å². The molecule has 0 spiro atoms. The lowest BCUT2D eigenvalue weighted by Crippen LogP contribution is -2.34. The van der Waals surface area contributed by atoms with Crippen LogP contribution in [0.2, 0.25) is 0 Å². The van der Waals surface area contributed by atoms with E-state index < -0.39 is 21.9 Å². The quantitative estimate of drug-likeness (QED) is 0.325. The Morgan fingerprint density at radius 3 is 2.35 bits per heavy atom. The second kappa shape index (κ2) is 10.7. The molecule has 34 heavy (non-hydrogen) atoms. The van der Waals surface area contributed by atoms with Crippen LogP contribution in [0.1, 0.15) is 20.7 Å². The van der Waals surface area contributed by atoms with Crippen LogP contribution in [0, 0.1) is 0 Å². The van der Waals surface area contributed by atoms with E-state index in [-0.39, 0.29) is 32.8 Å². The molecule has 1 aromatic heterocycles. The number of esters is 1. The highest BCUT2D eigenvalue weighted by Gasteiger charge is 2.16. The second-order valence-corrected chi connectivity index (χ2v) is 8.65. The van der Waals surface area contributed by atoms with E-state index in [2.05, 4.69) is 30.1 Å². The Balaban J connectivity index is 1.63. The number of methoxy groups -OCH3 is 2. The van der Waals surface area contributed by atoms with Gasteiger partial charge in [-0.05, 0) is 54.7 Å². The summed E-state index contributed by atoms with van der Waals surface area (Å²) in [7, 11) is -1.27. The number of benzene rings is 2. The van der Waals surface area contributed by atoms with E-state index in [1.54, 1.807) is 6.07 Å². The topological polar surface area (TPSA) is 149 Å². The number of carbonyl (C=O) groups excluding carboxylic acids is 2. The van der Waals surface area contributed by atoms with Crippen molar-refractivity contribution in [1.82, 2.24) is 15.3 Å². The van der Waals surface area contributed by atoms with E-state index in [9.17, 15) is 18.0 Å². The van der Waals surface area contributed by atoms with Gasteiger partial charge in [0.15, 0.2) is 5.11 Å². The standard InChI is InChI=1S/C21H19N5O6S2/c1-31-18-11-17(22-12-23-18)26-34(29,30)16-8-6-15(7-9-16)24-21(33)25-19(27)13-4-3-5-14(10-13)20(28)32-2/h3-12H,1-2H3,(H,22,23,26)(H2,24,25,27,33). The third kappa shape index (κ3) is 6.24. The molecule has 0 radical (unpaired) electrons. The number of anilines is 2. The molecule has 2 aromatic carbocycles. The highest BCUT2D eigenvalue weighted by Crippen LogP contribution is 2.19. The minimum atomic E-state index is -3.92. The van der Waals surface area contributed by atoms with Gasteiger partial charge >= 0.3 is 5.97 Å². The lowest BCUT2D eigenvalue weighted by molar-refractivity contribution is 0.0600. The molecule has 0 saturated heterocycles. The number of hydrogen-bond acceptors (Lipinski definition) is 9. The van der Waals surface area contributed by atoms with Gasteiger partial charge in [-0.3, -0.25) is 14.8 Å². The molecule has 0 fully saturated rings. The SMILES string of the molecule is COC(=O)c1cccc(C(=O)NC(=S)Nc2ccc(S(=O)(=O)Nc3cc(OC)ncn3)cc2)c1. The van der Waals surface area contributed by atoms with Crippen LogP contribution in [0.4, 0.5) is 11.5 Å². The highest BCUT2D eigenvalue weighted by atomic mass is 32.2. The maximum absolute atomic E-state index is 12.6. The van der Waals surface area contributed by atoms with Crippen molar-refractivity contribution in [2.75, 3.05) is 24.3 Å². The predicted molar refractivity (Wildman–Crippen MR) is 127 cm³/mol. The number of carbonyl (C=O) groups is 2. The minimum absolute atomic E-state index is 0.0183. The Morgan fingerprint density at radius 2 is 1.68 bits per heavy atom. The number of rotatable bonds is 7. The zero-order valence-corrected chi connectivity index (χ0v) is 19.6. The largest absolute Gasteiger partial charge is 0.481 e. The molecule has 13 heteroatoms. The zero-order valence-electron chi connectivity index (χ0n) is 17.9. The maximum atomic E-state index is 12.6. The van der Waals surface area contributed by atoms with Crippen molar-refractivity contribution >= 4 is 50.7 Å². The Labute approximate surface area is 200 Å².